The molecule has 0 aliphatic heterocycles. The average molecular weight is 409 g/mol. The molecular weight excluding hydrogens is 395 g/mol. The number of hydrogen-bond acceptors (Lipinski definition) is 2. The maximum absolute atomic E-state index is 9.12. The lowest BCUT2D eigenvalue weighted by molar-refractivity contribution is 0.471. The lowest BCUT2D eigenvalue weighted by atomic mass is 10.2. The molecule has 0 heterocycles. The fourth-order valence-corrected chi connectivity index (χ4v) is 2.16. The monoisotopic (exact) mass is 406 g/mol. The Balaban J connectivity index is 0.000000191. The Hall–Kier alpha value is -0.710. The summed E-state index contributed by atoms with van der Waals surface area (Å²) in [6, 6.07) is 8.62. The van der Waals surface area contributed by atoms with Gasteiger partial charge in [0.2, 0.25) is 0 Å². The molecule has 0 amide bonds. The first-order valence-corrected chi connectivity index (χ1v) is 7.38. The molecule has 0 atom stereocenters. The summed E-state index contributed by atoms with van der Waals surface area (Å²) < 4.78 is 1.45. The van der Waals surface area contributed by atoms with E-state index >= 15 is 0 Å². The Bertz CT molecular complexity index is 539. The molecule has 2 N–H and O–H groups in total. The second kappa shape index (κ2) is 7.17. The largest absolute Gasteiger partial charge is 0.507 e. The van der Waals surface area contributed by atoms with Gasteiger partial charge >= 0.3 is 0 Å². The SMILES string of the molecule is Cc1c(Cl)ccc(O)c1Br.Cc1cccc(O)c1Br. The van der Waals surface area contributed by atoms with Crippen LogP contribution in [0.5, 0.6) is 11.5 Å². The molecule has 0 spiro atoms. The van der Waals surface area contributed by atoms with E-state index in [0.29, 0.717) is 15.2 Å². The molecule has 0 saturated carbocycles. The fraction of sp³-hybridized carbons (Fsp3) is 0.143. The van der Waals surface area contributed by atoms with Crippen LogP contribution in [0, 0.1) is 13.8 Å². The Labute approximate surface area is 134 Å². The van der Waals surface area contributed by atoms with E-state index in [9.17, 15) is 0 Å². The molecular formula is C14H13Br2ClO2. The third kappa shape index (κ3) is 4.41. The zero-order chi connectivity index (χ0) is 14.6. The van der Waals surface area contributed by atoms with E-state index in [4.69, 9.17) is 21.8 Å². The molecule has 0 aliphatic carbocycles. The van der Waals surface area contributed by atoms with Gasteiger partial charge in [0.15, 0.2) is 0 Å². The highest BCUT2D eigenvalue weighted by Gasteiger charge is 2.03. The minimum Gasteiger partial charge on any atom is -0.507 e. The van der Waals surface area contributed by atoms with Gasteiger partial charge in [-0.15, -0.1) is 0 Å². The lowest BCUT2D eigenvalue weighted by Gasteiger charge is -2.01. The highest BCUT2D eigenvalue weighted by molar-refractivity contribution is 9.11. The van der Waals surface area contributed by atoms with Crippen LogP contribution in [-0.2, 0) is 0 Å². The Morgan fingerprint density at radius 3 is 1.95 bits per heavy atom. The van der Waals surface area contributed by atoms with Crippen molar-refractivity contribution >= 4 is 43.5 Å². The molecule has 102 valence electrons. The molecule has 0 aromatic heterocycles. The summed E-state index contributed by atoms with van der Waals surface area (Å²) in [6.45, 7) is 3.77. The summed E-state index contributed by atoms with van der Waals surface area (Å²) in [6.07, 6.45) is 0. The van der Waals surface area contributed by atoms with Crippen molar-refractivity contribution in [2.24, 2.45) is 0 Å². The second-order valence-corrected chi connectivity index (χ2v) is 5.91. The van der Waals surface area contributed by atoms with Gasteiger partial charge in [-0.3, -0.25) is 0 Å². The fourth-order valence-electron chi connectivity index (χ4n) is 1.28. The summed E-state index contributed by atoms with van der Waals surface area (Å²) in [4.78, 5) is 0. The van der Waals surface area contributed by atoms with Crippen LogP contribution in [0.1, 0.15) is 11.1 Å². The third-order valence-electron chi connectivity index (χ3n) is 2.47. The smallest absolute Gasteiger partial charge is 0.130 e. The van der Waals surface area contributed by atoms with Crippen LogP contribution >= 0.6 is 43.5 Å². The van der Waals surface area contributed by atoms with E-state index in [-0.39, 0.29) is 5.75 Å². The van der Waals surface area contributed by atoms with Gasteiger partial charge in [0.1, 0.15) is 11.5 Å². The molecule has 5 heteroatoms. The van der Waals surface area contributed by atoms with Crippen LogP contribution in [0.4, 0.5) is 0 Å². The minimum absolute atomic E-state index is 0.224. The van der Waals surface area contributed by atoms with Crippen molar-refractivity contribution in [1.82, 2.24) is 0 Å². The van der Waals surface area contributed by atoms with E-state index in [1.165, 1.54) is 0 Å². The van der Waals surface area contributed by atoms with Crippen LogP contribution in [0.2, 0.25) is 5.02 Å². The molecule has 2 rings (SSSR count). The number of phenolic OH excluding ortho intramolecular Hbond substituents is 2. The first-order valence-electron chi connectivity index (χ1n) is 5.42. The molecule has 0 unspecified atom stereocenters. The number of hydrogen-bond donors (Lipinski definition) is 2. The van der Waals surface area contributed by atoms with Crippen molar-refractivity contribution in [3.05, 3.63) is 55.4 Å². The molecule has 19 heavy (non-hydrogen) atoms. The Morgan fingerprint density at radius 2 is 1.47 bits per heavy atom. The van der Waals surface area contributed by atoms with E-state index in [0.717, 1.165) is 15.6 Å². The van der Waals surface area contributed by atoms with Crippen molar-refractivity contribution in [2.45, 2.75) is 13.8 Å². The van der Waals surface area contributed by atoms with Gasteiger partial charge in [-0.2, -0.15) is 0 Å². The maximum Gasteiger partial charge on any atom is 0.130 e. The van der Waals surface area contributed by atoms with Crippen molar-refractivity contribution in [1.29, 1.82) is 0 Å². The van der Waals surface area contributed by atoms with Gasteiger partial charge in [-0.1, -0.05) is 23.7 Å². The molecule has 0 bridgehead atoms. The van der Waals surface area contributed by atoms with Crippen molar-refractivity contribution in [3.8, 4) is 11.5 Å². The summed E-state index contributed by atoms with van der Waals surface area (Å²) >= 11 is 12.2. The molecule has 0 radical (unpaired) electrons. The zero-order valence-corrected chi connectivity index (χ0v) is 14.3. The van der Waals surface area contributed by atoms with E-state index in [1.54, 1.807) is 18.2 Å². The Kier molecular flexibility index (Phi) is 6.17. The molecule has 2 aromatic carbocycles. The summed E-state index contributed by atoms with van der Waals surface area (Å²) in [5, 5.41) is 18.8. The Morgan fingerprint density at radius 1 is 0.895 bits per heavy atom. The van der Waals surface area contributed by atoms with E-state index in [1.807, 2.05) is 26.0 Å². The van der Waals surface area contributed by atoms with Crippen molar-refractivity contribution < 1.29 is 10.2 Å². The van der Waals surface area contributed by atoms with Gasteiger partial charge in [-0.25, -0.2) is 0 Å². The van der Waals surface area contributed by atoms with Gasteiger partial charge in [0, 0.05) is 5.02 Å². The molecule has 2 aromatic rings. The van der Waals surface area contributed by atoms with Crippen LogP contribution in [0.25, 0.3) is 0 Å². The van der Waals surface area contributed by atoms with Crippen LogP contribution in [0.3, 0.4) is 0 Å². The van der Waals surface area contributed by atoms with Crippen LogP contribution in [0.15, 0.2) is 39.3 Å². The molecule has 0 fully saturated rings. The first kappa shape index (κ1) is 16.3. The quantitative estimate of drug-likeness (QED) is 0.597. The highest BCUT2D eigenvalue weighted by atomic mass is 79.9. The van der Waals surface area contributed by atoms with E-state index in [2.05, 4.69) is 31.9 Å². The van der Waals surface area contributed by atoms with Gasteiger partial charge in [0.05, 0.1) is 8.95 Å². The number of halogens is 3. The highest BCUT2D eigenvalue weighted by Crippen LogP contribution is 2.31. The predicted octanol–water partition coefficient (Wildman–Crippen LogP) is 5.58. The van der Waals surface area contributed by atoms with Gasteiger partial charge < -0.3 is 10.2 Å². The third-order valence-corrected chi connectivity index (χ3v) is 4.91. The van der Waals surface area contributed by atoms with Crippen molar-refractivity contribution in [2.75, 3.05) is 0 Å². The minimum atomic E-state index is 0.224. The standard InChI is InChI=1S/C7H6BrClO.C7H7BrO/c1-4-5(9)2-3-6(10)7(4)8;1-5-3-2-4-6(9)7(5)8/h2-3,10H,1H3;2-4,9H,1H3. The molecule has 0 aliphatic rings. The number of phenols is 2. The summed E-state index contributed by atoms with van der Waals surface area (Å²) in [7, 11) is 0. The van der Waals surface area contributed by atoms with E-state index < -0.39 is 0 Å². The number of rotatable bonds is 0. The topological polar surface area (TPSA) is 40.5 Å². The van der Waals surface area contributed by atoms with Crippen LogP contribution < -0.4 is 0 Å². The number of benzene rings is 2. The lowest BCUT2D eigenvalue weighted by Crippen LogP contribution is -1.77. The summed E-state index contributed by atoms with van der Waals surface area (Å²) in [5.74, 6) is 0.525. The summed E-state index contributed by atoms with van der Waals surface area (Å²) in [5.41, 5.74) is 1.91. The number of aryl methyl sites for hydroxylation is 1. The first-order chi connectivity index (χ1) is 8.84. The normalized spacial score (nSPS) is 9.74. The average Bonchev–Trinajstić information content (AvgIpc) is 2.39. The van der Waals surface area contributed by atoms with Gasteiger partial charge in [-0.05, 0) is 75.0 Å². The van der Waals surface area contributed by atoms with Gasteiger partial charge in [0.25, 0.3) is 0 Å². The molecule has 2 nitrogen and oxygen atoms in total. The van der Waals surface area contributed by atoms with Crippen LogP contribution in [-0.4, -0.2) is 10.2 Å². The maximum atomic E-state index is 9.12. The zero-order valence-electron chi connectivity index (χ0n) is 10.4. The number of aromatic hydroxyl groups is 2. The molecule has 0 saturated heterocycles. The predicted molar refractivity (Wildman–Crippen MR) is 86.1 cm³/mol. The van der Waals surface area contributed by atoms with Crippen molar-refractivity contribution in [3.63, 3.8) is 0 Å². The second-order valence-electron chi connectivity index (χ2n) is 3.91.